The molecule has 2 rings (SSSR count). The highest BCUT2D eigenvalue weighted by molar-refractivity contribution is 7.89. The molecule has 2 aromatic rings. The summed E-state index contributed by atoms with van der Waals surface area (Å²) in [5.41, 5.74) is 2.16. The van der Waals surface area contributed by atoms with Crippen molar-refractivity contribution in [3.63, 3.8) is 0 Å². The summed E-state index contributed by atoms with van der Waals surface area (Å²) in [4.78, 5) is 2.58. The van der Waals surface area contributed by atoms with Crippen molar-refractivity contribution in [2.24, 2.45) is 0 Å². The molecule has 0 heterocycles. The van der Waals surface area contributed by atoms with Crippen molar-refractivity contribution >= 4 is 21.6 Å². The highest BCUT2D eigenvalue weighted by Gasteiger charge is 2.23. The Kier molecular flexibility index (Phi) is 11.0. The number of unbranched alkanes of at least 4 members (excludes halogenated alkanes) is 2. The summed E-state index contributed by atoms with van der Waals surface area (Å²) in [5, 5.41) is 0.693. The lowest BCUT2D eigenvalue weighted by molar-refractivity contribution is 0.321. The van der Waals surface area contributed by atoms with Crippen LogP contribution in [-0.4, -0.2) is 51.4 Å². The summed E-state index contributed by atoms with van der Waals surface area (Å²) in [5.74, 6) is 0.825. The predicted molar refractivity (Wildman–Crippen MR) is 133 cm³/mol. The second-order valence-electron chi connectivity index (χ2n) is 8.20. The summed E-state index contributed by atoms with van der Waals surface area (Å²) in [6.45, 7) is 6.88. The molecule has 5 nitrogen and oxygen atoms in total. The first-order valence-corrected chi connectivity index (χ1v) is 13.2. The minimum atomic E-state index is -3.45. The number of nitrogens with zero attached hydrogens (tertiary/aromatic N) is 2. The van der Waals surface area contributed by atoms with E-state index in [0.717, 1.165) is 62.1 Å². The van der Waals surface area contributed by atoms with Crippen LogP contribution in [0.4, 0.5) is 0 Å². The van der Waals surface area contributed by atoms with Crippen molar-refractivity contribution in [1.82, 2.24) is 9.21 Å². The smallest absolute Gasteiger partial charge is 0.243 e. The molecule has 0 N–H and O–H groups in total. The van der Waals surface area contributed by atoms with Crippen LogP contribution in [-0.2, 0) is 23.0 Å². The van der Waals surface area contributed by atoms with Gasteiger partial charge >= 0.3 is 0 Å². The Hall–Kier alpha value is -1.60. The second kappa shape index (κ2) is 13.2. The fourth-order valence-electron chi connectivity index (χ4n) is 3.56. The van der Waals surface area contributed by atoms with Crippen molar-refractivity contribution in [3.8, 4) is 5.75 Å². The van der Waals surface area contributed by atoms with Gasteiger partial charge in [-0.25, -0.2) is 8.42 Å². The molecule has 0 aliphatic heterocycles. The van der Waals surface area contributed by atoms with E-state index in [1.807, 2.05) is 30.3 Å². The van der Waals surface area contributed by atoms with E-state index in [1.165, 1.54) is 0 Å². The molecule has 0 bridgehead atoms. The van der Waals surface area contributed by atoms with Gasteiger partial charge in [0.05, 0.1) is 12.0 Å². The van der Waals surface area contributed by atoms with Gasteiger partial charge in [0.2, 0.25) is 10.0 Å². The molecule has 0 saturated carbocycles. The molecule has 7 heteroatoms. The number of benzene rings is 2. The third-order valence-electron chi connectivity index (χ3n) is 5.55. The zero-order valence-corrected chi connectivity index (χ0v) is 21.4. The number of hydrogen-bond donors (Lipinski definition) is 0. The molecule has 178 valence electrons. The van der Waals surface area contributed by atoms with Crippen LogP contribution in [0.25, 0.3) is 0 Å². The highest BCUT2D eigenvalue weighted by atomic mass is 35.5. The van der Waals surface area contributed by atoms with Gasteiger partial charge in [0, 0.05) is 36.8 Å². The van der Waals surface area contributed by atoms with Crippen molar-refractivity contribution < 1.29 is 13.2 Å². The minimum Gasteiger partial charge on any atom is -0.496 e. The number of sulfonamides is 1. The zero-order valence-electron chi connectivity index (χ0n) is 19.8. The van der Waals surface area contributed by atoms with Gasteiger partial charge in [-0.1, -0.05) is 50.4 Å². The van der Waals surface area contributed by atoms with Crippen molar-refractivity contribution in [3.05, 3.63) is 58.6 Å². The number of rotatable bonds is 14. The first-order valence-electron chi connectivity index (χ1n) is 11.4. The molecule has 0 saturated heterocycles. The normalized spacial score (nSPS) is 12.0. The molecule has 0 aromatic heterocycles. The summed E-state index contributed by atoms with van der Waals surface area (Å²) in [7, 11) is 0.265. The fourth-order valence-corrected chi connectivity index (χ4v) is 5.27. The van der Waals surface area contributed by atoms with E-state index in [4.69, 9.17) is 16.3 Å². The maximum Gasteiger partial charge on any atom is 0.243 e. The molecule has 0 aliphatic carbocycles. The summed E-state index contributed by atoms with van der Waals surface area (Å²) in [6, 6.07) is 13.0. The Labute approximate surface area is 199 Å². The van der Waals surface area contributed by atoms with E-state index in [9.17, 15) is 8.42 Å². The molecule has 0 radical (unpaired) electrons. The maximum atomic E-state index is 13.1. The molecular formula is C25H37ClN2O3S. The van der Waals surface area contributed by atoms with Gasteiger partial charge in [0.25, 0.3) is 0 Å². The molecule has 0 unspecified atom stereocenters. The summed E-state index contributed by atoms with van der Waals surface area (Å²) in [6.07, 6.45) is 4.54. The molecule has 0 fully saturated rings. The fraction of sp³-hybridized carbons (Fsp3) is 0.520. The Morgan fingerprint density at radius 2 is 1.56 bits per heavy atom. The van der Waals surface area contributed by atoms with Crippen LogP contribution in [0.15, 0.2) is 47.4 Å². The number of halogens is 1. The molecule has 0 atom stereocenters. The van der Waals surface area contributed by atoms with Gasteiger partial charge in [-0.2, -0.15) is 4.31 Å². The largest absolute Gasteiger partial charge is 0.496 e. The van der Waals surface area contributed by atoms with Crippen molar-refractivity contribution in [2.45, 2.75) is 57.4 Å². The van der Waals surface area contributed by atoms with Crippen LogP contribution in [0.2, 0.25) is 5.02 Å². The van der Waals surface area contributed by atoms with Gasteiger partial charge in [-0.3, -0.25) is 0 Å². The third-order valence-corrected chi connectivity index (χ3v) is 7.70. The monoisotopic (exact) mass is 480 g/mol. The van der Waals surface area contributed by atoms with Gasteiger partial charge in [-0.05, 0) is 62.2 Å². The quantitative estimate of drug-likeness (QED) is 0.352. The Balaban J connectivity index is 2.00. The van der Waals surface area contributed by atoms with Crippen LogP contribution < -0.4 is 4.74 Å². The standard InChI is InChI=1S/C25H37ClN2O3S/c1-5-7-16-28(17-8-6-2)32(29,30)24-12-9-21(10-13-24)15-18-27(3)20-22-19-23(26)11-14-25(22)31-4/h9-14,19H,5-8,15-18,20H2,1-4H3. The van der Waals surface area contributed by atoms with E-state index >= 15 is 0 Å². The van der Waals surface area contributed by atoms with Crippen LogP contribution >= 0.6 is 11.6 Å². The van der Waals surface area contributed by atoms with Gasteiger partial charge in [0.15, 0.2) is 0 Å². The lowest BCUT2D eigenvalue weighted by atomic mass is 10.1. The number of ether oxygens (including phenoxy) is 1. The van der Waals surface area contributed by atoms with Crippen LogP contribution in [0.1, 0.15) is 50.7 Å². The Morgan fingerprint density at radius 3 is 2.12 bits per heavy atom. The number of likely N-dealkylation sites (N-methyl/N-ethyl adjacent to an activating group) is 1. The SMILES string of the molecule is CCCCN(CCCC)S(=O)(=O)c1ccc(CCN(C)Cc2cc(Cl)ccc2OC)cc1. The number of methoxy groups -OCH3 is 1. The lowest BCUT2D eigenvalue weighted by Crippen LogP contribution is -2.33. The van der Waals surface area contributed by atoms with Crippen LogP contribution in [0, 0.1) is 0 Å². The second-order valence-corrected chi connectivity index (χ2v) is 10.6. The first-order chi connectivity index (χ1) is 15.3. The van der Waals surface area contributed by atoms with Crippen LogP contribution in [0.5, 0.6) is 5.75 Å². The van der Waals surface area contributed by atoms with Crippen molar-refractivity contribution in [2.75, 3.05) is 33.8 Å². The topological polar surface area (TPSA) is 49.9 Å². The van der Waals surface area contributed by atoms with E-state index < -0.39 is 10.0 Å². The van der Waals surface area contributed by atoms with Gasteiger partial charge in [0.1, 0.15) is 5.75 Å². The Morgan fingerprint density at radius 1 is 0.938 bits per heavy atom. The molecule has 0 aliphatic rings. The average molecular weight is 481 g/mol. The van der Waals surface area contributed by atoms with E-state index in [1.54, 1.807) is 23.5 Å². The molecule has 32 heavy (non-hydrogen) atoms. The summed E-state index contributed by atoms with van der Waals surface area (Å²) < 4.78 is 33.3. The summed E-state index contributed by atoms with van der Waals surface area (Å²) >= 11 is 6.13. The predicted octanol–water partition coefficient (Wildman–Crippen LogP) is 5.61. The molecule has 2 aromatic carbocycles. The van der Waals surface area contributed by atoms with Crippen molar-refractivity contribution in [1.29, 1.82) is 0 Å². The minimum absolute atomic E-state index is 0.380. The lowest BCUT2D eigenvalue weighted by Gasteiger charge is -2.22. The van der Waals surface area contributed by atoms with E-state index in [-0.39, 0.29) is 0 Å². The first kappa shape index (κ1) is 26.7. The molecular weight excluding hydrogens is 444 g/mol. The maximum absolute atomic E-state index is 13.1. The zero-order chi connectivity index (χ0) is 23.6. The van der Waals surface area contributed by atoms with Gasteiger partial charge in [-0.15, -0.1) is 0 Å². The Bertz CT molecular complexity index is 925. The highest BCUT2D eigenvalue weighted by Crippen LogP contribution is 2.24. The molecule has 0 spiro atoms. The van der Waals surface area contributed by atoms with Crippen LogP contribution in [0.3, 0.4) is 0 Å². The van der Waals surface area contributed by atoms with E-state index in [0.29, 0.717) is 23.0 Å². The average Bonchev–Trinajstić information content (AvgIpc) is 2.78. The number of hydrogen-bond acceptors (Lipinski definition) is 4. The molecule has 0 amide bonds. The van der Waals surface area contributed by atoms with E-state index in [2.05, 4.69) is 25.8 Å². The third kappa shape index (κ3) is 7.77. The van der Waals surface area contributed by atoms with Gasteiger partial charge < -0.3 is 9.64 Å².